The molecule has 1 aromatic rings. The molecule has 2 rings (SSSR count). The zero-order valence-corrected chi connectivity index (χ0v) is 13.7. The molecule has 0 aromatic carbocycles. The van der Waals surface area contributed by atoms with Crippen LogP contribution >= 0.6 is 11.8 Å². The largest absolute Gasteiger partial charge is 0.383 e. The Bertz CT molecular complexity index is 623. The summed E-state index contributed by atoms with van der Waals surface area (Å²) in [6, 6.07) is 0.255. The van der Waals surface area contributed by atoms with Crippen molar-refractivity contribution in [1.29, 1.82) is 0 Å². The van der Waals surface area contributed by atoms with Crippen molar-refractivity contribution >= 4 is 23.3 Å². The predicted octanol–water partition coefficient (Wildman–Crippen LogP) is 1.24. The summed E-state index contributed by atoms with van der Waals surface area (Å²) >= 11 is 1.86. The minimum atomic E-state index is -0.349. The molecule has 0 saturated heterocycles. The molecule has 0 bridgehead atoms. The van der Waals surface area contributed by atoms with E-state index in [1.54, 1.807) is 0 Å². The fourth-order valence-electron chi connectivity index (χ4n) is 2.85. The topological polar surface area (TPSA) is 82.0 Å². The highest BCUT2D eigenvalue weighted by atomic mass is 32.2. The van der Waals surface area contributed by atoms with Gasteiger partial charge in [-0.25, -0.2) is 4.79 Å². The molecule has 118 valence electrons. The van der Waals surface area contributed by atoms with Crippen molar-refractivity contribution in [3.05, 3.63) is 20.8 Å². The average molecular weight is 312 g/mol. The van der Waals surface area contributed by atoms with Crippen molar-refractivity contribution in [3.8, 4) is 0 Å². The van der Waals surface area contributed by atoms with Crippen LogP contribution in [-0.4, -0.2) is 26.7 Å². The number of nitrogens with one attached hydrogen (secondary N) is 1. The lowest BCUT2D eigenvalue weighted by Gasteiger charge is -2.19. The molecular formula is C14H24N4O2S. The van der Waals surface area contributed by atoms with Crippen molar-refractivity contribution in [1.82, 2.24) is 9.13 Å². The first kappa shape index (κ1) is 16.0. The quantitative estimate of drug-likeness (QED) is 0.855. The van der Waals surface area contributed by atoms with Crippen LogP contribution in [0.3, 0.4) is 0 Å². The smallest absolute Gasteiger partial charge is 0.332 e. The minimum Gasteiger partial charge on any atom is -0.383 e. The van der Waals surface area contributed by atoms with E-state index >= 15 is 0 Å². The number of thioether (sulfide) groups is 1. The first-order chi connectivity index (χ1) is 9.99. The Hall–Kier alpha value is -1.37. The van der Waals surface area contributed by atoms with Crippen molar-refractivity contribution in [2.24, 2.45) is 7.05 Å². The van der Waals surface area contributed by atoms with Gasteiger partial charge in [0.25, 0.3) is 5.56 Å². The summed E-state index contributed by atoms with van der Waals surface area (Å²) < 4.78 is 2.61. The summed E-state index contributed by atoms with van der Waals surface area (Å²) in [7, 11) is 1.50. The van der Waals surface area contributed by atoms with Crippen LogP contribution in [0.2, 0.25) is 0 Å². The highest BCUT2D eigenvalue weighted by molar-refractivity contribution is 7.99. The van der Waals surface area contributed by atoms with Gasteiger partial charge in [0.2, 0.25) is 0 Å². The second-order valence-corrected chi connectivity index (χ2v) is 6.71. The van der Waals surface area contributed by atoms with E-state index in [0.29, 0.717) is 17.5 Å². The monoisotopic (exact) mass is 312 g/mol. The van der Waals surface area contributed by atoms with Crippen LogP contribution in [-0.2, 0) is 13.6 Å². The van der Waals surface area contributed by atoms with Crippen LogP contribution in [0.5, 0.6) is 0 Å². The summed E-state index contributed by atoms with van der Waals surface area (Å²) in [4.78, 5) is 24.4. The van der Waals surface area contributed by atoms with Crippen LogP contribution in [0.15, 0.2) is 9.59 Å². The number of nitrogen functional groups attached to an aromatic ring is 1. The maximum atomic E-state index is 12.3. The molecule has 1 heterocycles. The molecule has 0 spiro atoms. The molecule has 1 saturated carbocycles. The van der Waals surface area contributed by atoms with Gasteiger partial charge in [0.1, 0.15) is 11.5 Å². The van der Waals surface area contributed by atoms with Gasteiger partial charge in [0.05, 0.1) is 0 Å². The maximum absolute atomic E-state index is 12.3. The molecule has 6 nitrogen and oxygen atoms in total. The maximum Gasteiger partial charge on any atom is 0.332 e. The Morgan fingerprint density at radius 2 is 2.10 bits per heavy atom. The molecule has 2 atom stereocenters. The van der Waals surface area contributed by atoms with E-state index in [-0.39, 0.29) is 23.1 Å². The highest BCUT2D eigenvalue weighted by Gasteiger charge is 2.26. The lowest BCUT2D eigenvalue weighted by Crippen LogP contribution is -2.41. The molecule has 1 aromatic heterocycles. The van der Waals surface area contributed by atoms with Crippen molar-refractivity contribution in [3.63, 3.8) is 0 Å². The fourth-order valence-corrected chi connectivity index (χ4v) is 3.64. The first-order valence-electron chi connectivity index (χ1n) is 7.38. The average Bonchev–Trinajstić information content (AvgIpc) is 2.94. The molecule has 1 aliphatic rings. The lowest BCUT2D eigenvalue weighted by molar-refractivity contribution is 0.598. The molecule has 2 unspecified atom stereocenters. The molecule has 0 radical (unpaired) electrons. The zero-order valence-electron chi connectivity index (χ0n) is 12.9. The van der Waals surface area contributed by atoms with Crippen molar-refractivity contribution in [2.45, 2.75) is 50.4 Å². The predicted molar refractivity (Wildman–Crippen MR) is 89.2 cm³/mol. The van der Waals surface area contributed by atoms with Gasteiger partial charge in [-0.3, -0.25) is 13.9 Å². The van der Waals surface area contributed by atoms with E-state index < -0.39 is 0 Å². The van der Waals surface area contributed by atoms with E-state index in [9.17, 15) is 9.59 Å². The number of rotatable bonds is 5. The molecule has 21 heavy (non-hydrogen) atoms. The zero-order chi connectivity index (χ0) is 15.6. The SMILES string of the molecule is CCCn1c(N)c(NC2CCC(SC)C2)c(=O)n(C)c1=O. The number of nitrogens with zero attached hydrogens (tertiary/aromatic N) is 2. The van der Waals surface area contributed by atoms with E-state index in [4.69, 9.17) is 5.73 Å². The number of aromatic nitrogens is 2. The van der Waals surface area contributed by atoms with Crippen LogP contribution in [0.4, 0.5) is 11.5 Å². The first-order valence-corrected chi connectivity index (χ1v) is 8.67. The van der Waals surface area contributed by atoms with Gasteiger partial charge in [-0.05, 0) is 31.9 Å². The van der Waals surface area contributed by atoms with Crippen LogP contribution in [0.25, 0.3) is 0 Å². The summed E-state index contributed by atoms with van der Waals surface area (Å²) in [5.74, 6) is 0.262. The summed E-state index contributed by atoms with van der Waals surface area (Å²) in [5, 5.41) is 3.91. The van der Waals surface area contributed by atoms with E-state index in [1.165, 1.54) is 11.6 Å². The fraction of sp³-hybridized carbons (Fsp3) is 0.714. The normalized spacial score (nSPS) is 21.7. The van der Waals surface area contributed by atoms with Gasteiger partial charge in [0, 0.05) is 24.9 Å². The van der Waals surface area contributed by atoms with Crippen molar-refractivity contribution in [2.75, 3.05) is 17.3 Å². The Kier molecular flexibility index (Phi) is 5.03. The minimum absolute atomic E-state index is 0.255. The van der Waals surface area contributed by atoms with Crippen molar-refractivity contribution < 1.29 is 0 Å². The Balaban J connectivity index is 2.35. The summed E-state index contributed by atoms with van der Waals surface area (Å²) in [6.45, 7) is 2.50. The number of hydrogen-bond acceptors (Lipinski definition) is 5. The standard InChI is InChI=1S/C14H24N4O2S/c1-4-7-18-12(15)11(13(19)17(2)14(18)20)16-9-5-6-10(8-9)21-3/h9-10,16H,4-8,15H2,1-3H3. The molecule has 3 N–H and O–H groups in total. The number of anilines is 2. The van der Waals surface area contributed by atoms with E-state index in [1.807, 2.05) is 18.7 Å². The molecule has 0 aliphatic heterocycles. The van der Waals surface area contributed by atoms with Crippen LogP contribution < -0.4 is 22.3 Å². The van der Waals surface area contributed by atoms with Gasteiger partial charge >= 0.3 is 5.69 Å². The van der Waals surface area contributed by atoms with Crippen LogP contribution in [0.1, 0.15) is 32.6 Å². The Morgan fingerprint density at radius 1 is 1.38 bits per heavy atom. The molecule has 1 fully saturated rings. The van der Waals surface area contributed by atoms with Gasteiger partial charge in [-0.1, -0.05) is 6.92 Å². The third-order valence-electron chi connectivity index (χ3n) is 4.10. The van der Waals surface area contributed by atoms with Gasteiger partial charge in [0.15, 0.2) is 0 Å². The Labute approximate surface area is 128 Å². The molecule has 1 aliphatic carbocycles. The second kappa shape index (κ2) is 6.60. The number of nitrogens with two attached hydrogens (primary N) is 1. The van der Waals surface area contributed by atoms with E-state index in [0.717, 1.165) is 30.3 Å². The lowest BCUT2D eigenvalue weighted by atomic mass is 10.2. The summed E-state index contributed by atoms with van der Waals surface area (Å²) in [5.41, 5.74) is 5.76. The van der Waals surface area contributed by atoms with Crippen LogP contribution in [0, 0.1) is 0 Å². The molecule has 7 heteroatoms. The highest BCUT2D eigenvalue weighted by Crippen LogP contribution is 2.30. The van der Waals surface area contributed by atoms with E-state index in [2.05, 4.69) is 11.6 Å². The number of hydrogen-bond donors (Lipinski definition) is 2. The Morgan fingerprint density at radius 3 is 2.67 bits per heavy atom. The third kappa shape index (κ3) is 3.12. The van der Waals surface area contributed by atoms with Gasteiger partial charge in [-0.2, -0.15) is 11.8 Å². The summed E-state index contributed by atoms with van der Waals surface area (Å²) in [6.07, 6.45) is 6.10. The van der Waals surface area contributed by atoms with Gasteiger partial charge < -0.3 is 11.1 Å². The third-order valence-corrected chi connectivity index (χ3v) is 5.19. The molecule has 0 amide bonds. The molecular weight excluding hydrogens is 288 g/mol. The van der Waals surface area contributed by atoms with Gasteiger partial charge in [-0.15, -0.1) is 0 Å². The second-order valence-electron chi connectivity index (χ2n) is 5.57.